The lowest BCUT2D eigenvalue weighted by Crippen LogP contribution is -2.32. The highest BCUT2D eigenvalue weighted by Gasteiger charge is 2.38. The van der Waals surface area contributed by atoms with Gasteiger partial charge in [0.25, 0.3) is 5.56 Å². The summed E-state index contributed by atoms with van der Waals surface area (Å²) in [5.41, 5.74) is -1.46. The first-order valence-corrected chi connectivity index (χ1v) is 6.84. The number of anilines is 1. The quantitative estimate of drug-likeness (QED) is 0.847. The van der Waals surface area contributed by atoms with E-state index in [9.17, 15) is 22.8 Å². The summed E-state index contributed by atoms with van der Waals surface area (Å²) in [4.78, 5) is 30.6. The fraction of sp³-hybridized carbons (Fsp3) is 0.267. The Hall–Kier alpha value is -2.64. The first-order valence-electron chi connectivity index (χ1n) is 6.84. The molecular formula is C15H12F3N3O2. The van der Waals surface area contributed by atoms with Crippen molar-refractivity contribution < 1.29 is 18.0 Å². The van der Waals surface area contributed by atoms with Gasteiger partial charge in [0.05, 0.1) is 11.1 Å². The molecule has 2 aromatic rings. The molecule has 1 aliphatic heterocycles. The van der Waals surface area contributed by atoms with Crippen molar-refractivity contribution >= 4 is 11.7 Å². The highest BCUT2D eigenvalue weighted by atomic mass is 19.4. The van der Waals surface area contributed by atoms with Crippen molar-refractivity contribution in [2.45, 2.75) is 25.4 Å². The SMILES string of the molecule is Cc1nc2c(c(=O)[nH]1)[C@@H](c1ccccc1C(F)(F)F)CC(=O)N2. The van der Waals surface area contributed by atoms with E-state index in [2.05, 4.69) is 15.3 Å². The molecule has 1 aromatic carbocycles. The Labute approximate surface area is 128 Å². The Kier molecular flexibility index (Phi) is 3.46. The van der Waals surface area contributed by atoms with Gasteiger partial charge in [0.15, 0.2) is 0 Å². The van der Waals surface area contributed by atoms with E-state index in [0.29, 0.717) is 0 Å². The molecule has 1 aliphatic rings. The second-order valence-electron chi connectivity index (χ2n) is 5.30. The van der Waals surface area contributed by atoms with Crippen molar-refractivity contribution in [1.82, 2.24) is 9.97 Å². The van der Waals surface area contributed by atoms with Crippen LogP contribution in [0.3, 0.4) is 0 Å². The first-order chi connectivity index (χ1) is 10.8. The number of amides is 1. The normalized spacial score (nSPS) is 17.6. The monoisotopic (exact) mass is 323 g/mol. The van der Waals surface area contributed by atoms with Crippen LogP contribution in [-0.2, 0) is 11.0 Å². The average Bonchev–Trinajstić information content (AvgIpc) is 2.44. The summed E-state index contributed by atoms with van der Waals surface area (Å²) < 4.78 is 39.7. The van der Waals surface area contributed by atoms with E-state index in [0.717, 1.165) is 6.07 Å². The molecule has 1 atom stereocenters. The summed E-state index contributed by atoms with van der Waals surface area (Å²) in [5.74, 6) is -1.17. The van der Waals surface area contributed by atoms with E-state index in [1.807, 2.05) is 0 Å². The van der Waals surface area contributed by atoms with Gasteiger partial charge in [-0.15, -0.1) is 0 Å². The number of aryl methyl sites for hydroxylation is 1. The Balaban J connectivity index is 2.24. The number of carbonyl (C=O) groups is 1. The van der Waals surface area contributed by atoms with Crippen LogP contribution in [-0.4, -0.2) is 15.9 Å². The Morgan fingerprint density at radius 1 is 1.22 bits per heavy atom. The number of aromatic nitrogens is 2. The van der Waals surface area contributed by atoms with E-state index in [4.69, 9.17) is 0 Å². The van der Waals surface area contributed by atoms with Gasteiger partial charge < -0.3 is 10.3 Å². The molecule has 0 saturated heterocycles. The molecule has 120 valence electrons. The zero-order valence-corrected chi connectivity index (χ0v) is 12.0. The number of fused-ring (bicyclic) bond motifs is 1. The highest BCUT2D eigenvalue weighted by molar-refractivity contribution is 5.94. The zero-order valence-electron chi connectivity index (χ0n) is 12.0. The molecule has 5 nitrogen and oxygen atoms in total. The number of nitrogens with zero attached hydrogens (tertiary/aromatic N) is 1. The third-order valence-electron chi connectivity index (χ3n) is 3.71. The molecule has 0 saturated carbocycles. The predicted molar refractivity (Wildman–Crippen MR) is 76.1 cm³/mol. The van der Waals surface area contributed by atoms with Gasteiger partial charge in [-0.05, 0) is 18.6 Å². The summed E-state index contributed by atoms with van der Waals surface area (Å²) in [6.07, 6.45) is -4.82. The van der Waals surface area contributed by atoms with Gasteiger partial charge in [-0.25, -0.2) is 4.98 Å². The summed E-state index contributed by atoms with van der Waals surface area (Å²) in [5, 5.41) is 2.45. The van der Waals surface area contributed by atoms with Gasteiger partial charge in [0.1, 0.15) is 11.6 Å². The largest absolute Gasteiger partial charge is 0.416 e. The number of aromatic amines is 1. The standard InChI is InChI=1S/C15H12F3N3O2/c1-7-19-13-12(14(23)20-7)9(6-11(22)21-13)8-4-2-3-5-10(8)15(16,17)18/h2-5,9H,6H2,1H3,(H2,19,20,21,22,23)/t9-/m1/s1. The Morgan fingerprint density at radius 3 is 2.61 bits per heavy atom. The minimum atomic E-state index is -4.57. The van der Waals surface area contributed by atoms with Crippen LogP contribution in [0.1, 0.15) is 34.9 Å². The van der Waals surface area contributed by atoms with Crippen molar-refractivity contribution in [3.63, 3.8) is 0 Å². The van der Waals surface area contributed by atoms with Crippen molar-refractivity contribution in [2.75, 3.05) is 5.32 Å². The molecule has 8 heteroatoms. The maximum atomic E-state index is 13.2. The summed E-state index contributed by atoms with van der Waals surface area (Å²) in [6, 6.07) is 4.95. The lowest BCUT2D eigenvalue weighted by atomic mass is 9.84. The van der Waals surface area contributed by atoms with Crippen LogP contribution in [0.25, 0.3) is 0 Å². The number of hydrogen-bond donors (Lipinski definition) is 2. The molecule has 2 N–H and O–H groups in total. The van der Waals surface area contributed by atoms with Gasteiger partial charge in [0, 0.05) is 12.3 Å². The molecular weight excluding hydrogens is 311 g/mol. The van der Waals surface area contributed by atoms with E-state index >= 15 is 0 Å². The maximum Gasteiger partial charge on any atom is 0.416 e. The van der Waals surface area contributed by atoms with Crippen LogP contribution in [0.4, 0.5) is 19.0 Å². The molecule has 0 spiro atoms. The number of benzene rings is 1. The van der Waals surface area contributed by atoms with Crippen molar-refractivity contribution in [3.05, 3.63) is 57.1 Å². The number of nitrogens with one attached hydrogen (secondary N) is 2. The fourth-order valence-electron chi connectivity index (χ4n) is 2.81. The Bertz CT molecular complexity index is 843. The van der Waals surface area contributed by atoms with Crippen molar-refractivity contribution in [2.24, 2.45) is 0 Å². The molecule has 0 aliphatic carbocycles. The molecule has 0 unspecified atom stereocenters. The lowest BCUT2D eigenvalue weighted by Gasteiger charge is -2.26. The van der Waals surface area contributed by atoms with Crippen LogP contribution in [0.15, 0.2) is 29.1 Å². The number of carbonyl (C=O) groups excluding carboxylic acids is 1. The summed E-state index contributed by atoms with van der Waals surface area (Å²) in [7, 11) is 0. The predicted octanol–water partition coefficient (Wildman–Crippen LogP) is 2.57. The molecule has 2 heterocycles. The Morgan fingerprint density at radius 2 is 1.91 bits per heavy atom. The molecule has 3 rings (SSSR count). The minimum absolute atomic E-state index is 0.0180. The number of hydrogen-bond acceptors (Lipinski definition) is 3. The number of rotatable bonds is 1. The van der Waals surface area contributed by atoms with Gasteiger partial charge in [0.2, 0.25) is 5.91 Å². The summed E-state index contributed by atoms with van der Waals surface area (Å²) in [6.45, 7) is 1.53. The highest BCUT2D eigenvalue weighted by Crippen LogP contribution is 2.40. The molecule has 1 aromatic heterocycles. The molecule has 23 heavy (non-hydrogen) atoms. The van der Waals surface area contributed by atoms with Gasteiger partial charge in [-0.2, -0.15) is 13.2 Å². The minimum Gasteiger partial charge on any atom is -0.310 e. The van der Waals surface area contributed by atoms with Crippen LogP contribution >= 0.6 is 0 Å². The van der Waals surface area contributed by atoms with Crippen molar-refractivity contribution in [3.8, 4) is 0 Å². The molecule has 0 radical (unpaired) electrons. The van der Waals surface area contributed by atoms with Gasteiger partial charge >= 0.3 is 6.18 Å². The second-order valence-corrected chi connectivity index (χ2v) is 5.30. The van der Waals surface area contributed by atoms with Gasteiger partial charge in [-0.3, -0.25) is 9.59 Å². The van der Waals surface area contributed by atoms with E-state index in [1.165, 1.54) is 25.1 Å². The molecule has 0 bridgehead atoms. The third-order valence-corrected chi connectivity index (χ3v) is 3.71. The fourth-order valence-corrected chi connectivity index (χ4v) is 2.81. The maximum absolute atomic E-state index is 13.2. The van der Waals surface area contributed by atoms with E-state index < -0.39 is 29.1 Å². The second kappa shape index (κ2) is 5.22. The topological polar surface area (TPSA) is 74.8 Å². The third kappa shape index (κ3) is 2.71. The van der Waals surface area contributed by atoms with Crippen LogP contribution in [0, 0.1) is 6.92 Å². The van der Waals surface area contributed by atoms with Gasteiger partial charge in [-0.1, -0.05) is 18.2 Å². The molecule has 0 fully saturated rings. The molecule has 1 amide bonds. The summed E-state index contributed by atoms with van der Waals surface area (Å²) >= 11 is 0. The zero-order chi connectivity index (χ0) is 16.8. The van der Waals surface area contributed by atoms with E-state index in [1.54, 1.807) is 0 Å². The van der Waals surface area contributed by atoms with Crippen LogP contribution in [0.2, 0.25) is 0 Å². The smallest absolute Gasteiger partial charge is 0.310 e. The first kappa shape index (κ1) is 15.3. The number of alkyl halides is 3. The number of halogens is 3. The number of H-pyrrole nitrogens is 1. The van der Waals surface area contributed by atoms with E-state index in [-0.39, 0.29) is 29.2 Å². The van der Waals surface area contributed by atoms with Crippen molar-refractivity contribution in [1.29, 1.82) is 0 Å². The average molecular weight is 323 g/mol. The van der Waals surface area contributed by atoms with Crippen LogP contribution < -0.4 is 10.9 Å². The van der Waals surface area contributed by atoms with Crippen LogP contribution in [0.5, 0.6) is 0 Å². The lowest BCUT2D eigenvalue weighted by molar-refractivity contribution is -0.138.